The minimum atomic E-state index is -0.688. The number of carbonyl (C=O) groups is 4. The van der Waals surface area contributed by atoms with Crippen molar-refractivity contribution in [3.05, 3.63) is 106 Å². The standard InChI is InChI=1S/C33H24BrClN2O5/c1-18-3-2-4-24-30(18)32(40)37(31(24)39)23-12-7-19(8-13-23)28-16-26(25-15-22(35)11-14-27(25)36-28)33(41)42-17-29(38)20-5-9-21(34)10-6-20/h2-3,5-16,18,24,30H,4,17H2,1H3. The number of anilines is 1. The van der Waals surface area contributed by atoms with Crippen molar-refractivity contribution in [3.8, 4) is 11.3 Å². The number of fused-ring (bicyclic) bond motifs is 2. The molecule has 0 saturated carbocycles. The van der Waals surface area contributed by atoms with Gasteiger partial charge in [-0.3, -0.25) is 19.3 Å². The second-order valence-corrected chi connectivity index (χ2v) is 11.8. The molecular weight excluding hydrogens is 620 g/mol. The van der Waals surface area contributed by atoms with Crippen LogP contribution in [-0.4, -0.2) is 35.2 Å². The van der Waals surface area contributed by atoms with Crippen molar-refractivity contribution >= 4 is 67.7 Å². The number of allylic oxidation sites excluding steroid dienone is 2. The van der Waals surface area contributed by atoms with Crippen molar-refractivity contribution < 1.29 is 23.9 Å². The highest BCUT2D eigenvalue weighted by atomic mass is 79.9. The molecule has 2 heterocycles. The molecule has 1 saturated heterocycles. The van der Waals surface area contributed by atoms with Crippen molar-refractivity contribution in [2.45, 2.75) is 13.3 Å². The number of nitrogens with zero attached hydrogens (tertiary/aromatic N) is 2. The predicted octanol–water partition coefficient (Wildman–Crippen LogP) is 7.06. The maximum Gasteiger partial charge on any atom is 0.339 e. The van der Waals surface area contributed by atoms with Gasteiger partial charge in [0.05, 0.1) is 34.3 Å². The summed E-state index contributed by atoms with van der Waals surface area (Å²) in [5.74, 6) is -2.07. The van der Waals surface area contributed by atoms with E-state index in [9.17, 15) is 19.2 Å². The summed E-state index contributed by atoms with van der Waals surface area (Å²) in [6.07, 6.45) is 4.53. The van der Waals surface area contributed by atoms with E-state index < -0.39 is 12.6 Å². The summed E-state index contributed by atoms with van der Waals surface area (Å²) in [4.78, 5) is 58.2. The van der Waals surface area contributed by atoms with E-state index >= 15 is 0 Å². The lowest BCUT2D eigenvalue weighted by atomic mass is 9.78. The minimum Gasteiger partial charge on any atom is -0.454 e. The van der Waals surface area contributed by atoms with Gasteiger partial charge in [-0.1, -0.05) is 70.9 Å². The number of aromatic nitrogens is 1. The first-order valence-corrected chi connectivity index (χ1v) is 14.6. The highest BCUT2D eigenvalue weighted by molar-refractivity contribution is 9.10. The summed E-state index contributed by atoms with van der Waals surface area (Å²) in [7, 11) is 0. The second kappa shape index (κ2) is 11.3. The molecule has 3 atom stereocenters. The summed E-state index contributed by atoms with van der Waals surface area (Å²) in [6, 6.07) is 20.3. The molecule has 1 fully saturated rings. The highest BCUT2D eigenvalue weighted by Crippen LogP contribution is 2.41. The molecule has 3 aromatic carbocycles. The van der Waals surface area contributed by atoms with E-state index in [0.29, 0.717) is 44.9 Å². The number of carbonyl (C=O) groups excluding carboxylic acids is 4. The summed E-state index contributed by atoms with van der Waals surface area (Å²) >= 11 is 9.56. The lowest BCUT2D eigenvalue weighted by molar-refractivity contribution is -0.122. The van der Waals surface area contributed by atoms with E-state index in [1.165, 1.54) is 4.90 Å². The van der Waals surface area contributed by atoms with Gasteiger partial charge < -0.3 is 4.74 Å². The Kier molecular flexibility index (Phi) is 7.51. The first kappa shape index (κ1) is 28.0. The van der Waals surface area contributed by atoms with Crippen LogP contribution >= 0.6 is 27.5 Å². The molecule has 2 amide bonds. The molecule has 3 unspecified atom stereocenters. The van der Waals surface area contributed by atoms with Crippen molar-refractivity contribution in [1.29, 1.82) is 0 Å². The van der Waals surface area contributed by atoms with E-state index in [1.54, 1.807) is 72.8 Å². The third kappa shape index (κ3) is 5.16. The summed E-state index contributed by atoms with van der Waals surface area (Å²) in [6.45, 7) is 1.53. The molecule has 7 nitrogen and oxygen atoms in total. The number of ether oxygens (including phenoxy) is 1. The van der Waals surface area contributed by atoms with Crippen LogP contribution in [0.25, 0.3) is 22.2 Å². The van der Waals surface area contributed by atoms with Gasteiger partial charge in [0.15, 0.2) is 12.4 Å². The van der Waals surface area contributed by atoms with E-state index in [0.717, 1.165) is 4.47 Å². The highest BCUT2D eigenvalue weighted by Gasteiger charge is 2.50. The Bertz CT molecular complexity index is 1790. The molecule has 42 heavy (non-hydrogen) atoms. The Morgan fingerprint density at radius 2 is 1.74 bits per heavy atom. The summed E-state index contributed by atoms with van der Waals surface area (Å²) in [5, 5.41) is 0.911. The maximum absolute atomic E-state index is 13.3. The summed E-state index contributed by atoms with van der Waals surface area (Å²) < 4.78 is 6.25. The van der Waals surface area contributed by atoms with E-state index in [2.05, 4.69) is 15.9 Å². The zero-order valence-electron chi connectivity index (χ0n) is 22.4. The molecule has 0 N–H and O–H groups in total. The van der Waals surface area contributed by atoms with Gasteiger partial charge in [0.1, 0.15) is 0 Å². The number of benzene rings is 3. The Balaban J connectivity index is 1.28. The van der Waals surface area contributed by atoms with Crippen LogP contribution in [0.2, 0.25) is 5.02 Å². The van der Waals surface area contributed by atoms with Crippen LogP contribution in [0.3, 0.4) is 0 Å². The molecule has 9 heteroatoms. The molecule has 1 aliphatic carbocycles. The van der Waals surface area contributed by atoms with Gasteiger partial charge >= 0.3 is 5.97 Å². The topological polar surface area (TPSA) is 93.6 Å². The average Bonchev–Trinajstić information content (AvgIpc) is 3.25. The number of esters is 1. The largest absolute Gasteiger partial charge is 0.454 e. The Labute approximate surface area is 255 Å². The van der Waals surface area contributed by atoms with Crippen LogP contribution < -0.4 is 4.90 Å². The van der Waals surface area contributed by atoms with Crippen LogP contribution in [0.1, 0.15) is 34.1 Å². The number of pyridine rings is 1. The lowest BCUT2D eigenvalue weighted by Gasteiger charge is -2.22. The zero-order chi connectivity index (χ0) is 29.5. The van der Waals surface area contributed by atoms with Crippen molar-refractivity contribution in [3.63, 3.8) is 0 Å². The molecule has 1 aliphatic heterocycles. The quantitative estimate of drug-likeness (QED) is 0.0967. The molecule has 6 rings (SSSR count). The first-order chi connectivity index (χ1) is 20.2. The fraction of sp³-hybridized carbons (Fsp3) is 0.182. The molecule has 2 aliphatic rings. The van der Waals surface area contributed by atoms with Gasteiger partial charge in [0.2, 0.25) is 11.8 Å². The average molecular weight is 644 g/mol. The van der Waals surface area contributed by atoms with Crippen molar-refractivity contribution in [2.75, 3.05) is 11.5 Å². The van der Waals surface area contributed by atoms with Crippen LogP contribution in [0.15, 0.2) is 89.4 Å². The third-order valence-corrected chi connectivity index (χ3v) is 8.55. The lowest BCUT2D eigenvalue weighted by Crippen LogP contribution is -2.31. The number of rotatable bonds is 6. The molecular formula is C33H24BrClN2O5. The molecule has 0 spiro atoms. The molecule has 210 valence electrons. The Morgan fingerprint density at radius 3 is 2.45 bits per heavy atom. The van der Waals surface area contributed by atoms with Gasteiger partial charge in [-0.05, 0) is 60.9 Å². The third-order valence-electron chi connectivity index (χ3n) is 7.79. The van der Waals surface area contributed by atoms with Gasteiger partial charge in [0.25, 0.3) is 0 Å². The second-order valence-electron chi connectivity index (χ2n) is 10.4. The van der Waals surface area contributed by atoms with Crippen LogP contribution in [0.5, 0.6) is 0 Å². The fourth-order valence-corrected chi connectivity index (χ4v) is 6.06. The monoisotopic (exact) mass is 642 g/mol. The fourth-order valence-electron chi connectivity index (χ4n) is 5.63. The van der Waals surface area contributed by atoms with Gasteiger partial charge in [0, 0.05) is 26.0 Å². The van der Waals surface area contributed by atoms with Gasteiger partial charge in [-0.25, -0.2) is 9.78 Å². The number of hydrogen-bond donors (Lipinski definition) is 0. The van der Waals surface area contributed by atoms with E-state index in [-0.39, 0.29) is 40.9 Å². The van der Waals surface area contributed by atoms with Crippen LogP contribution in [0.4, 0.5) is 5.69 Å². The van der Waals surface area contributed by atoms with Crippen molar-refractivity contribution in [1.82, 2.24) is 4.98 Å². The Hall–Kier alpha value is -4.14. The zero-order valence-corrected chi connectivity index (χ0v) is 24.8. The maximum atomic E-state index is 13.3. The molecule has 1 aromatic heterocycles. The number of imide groups is 1. The van der Waals surface area contributed by atoms with E-state index in [4.69, 9.17) is 21.3 Å². The molecule has 0 bridgehead atoms. The van der Waals surface area contributed by atoms with Crippen LogP contribution in [0, 0.1) is 17.8 Å². The normalized spacial score (nSPS) is 19.7. The number of ketones is 1. The van der Waals surface area contributed by atoms with E-state index in [1.807, 2.05) is 19.1 Å². The Morgan fingerprint density at radius 1 is 1.00 bits per heavy atom. The molecule has 0 radical (unpaired) electrons. The van der Waals surface area contributed by atoms with Crippen LogP contribution in [-0.2, 0) is 14.3 Å². The number of hydrogen-bond acceptors (Lipinski definition) is 6. The summed E-state index contributed by atoms with van der Waals surface area (Å²) in [5.41, 5.74) is 2.79. The SMILES string of the molecule is CC1C=CCC2C(=O)N(c3ccc(-c4cc(C(=O)OCC(=O)c5ccc(Br)cc5)c5cc(Cl)ccc5n4)cc3)C(=O)C12. The number of Topliss-reactive ketones (excluding diaryl/α,β-unsaturated/α-hetero) is 1. The number of amides is 2. The first-order valence-electron chi connectivity index (χ1n) is 13.4. The predicted molar refractivity (Wildman–Crippen MR) is 163 cm³/mol. The number of halogens is 2. The van der Waals surface area contributed by atoms with Gasteiger partial charge in [-0.15, -0.1) is 0 Å². The minimum absolute atomic E-state index is 0.00288. The molecule has 4 aromatic rings. The smallest absolute Gasteiger partial charge is 0.339 e. The van der Waals surface area contributed by atoms with Gasteiger partial charge in [-0.2, -0.15) is 0 Å². The van der Waals surface area contributed by atoms with Crippen molar-refractivity contribution in [2.24, 2.45) is 17.8 Å².